The quantitative estimate of drug-likeness (QED) is 0.793. The van der Waals surface area contributed by atoms with Crippen LogP contribution < -0.4 is 5.32 Å². The van der Waals surface area contributed by atoms with E-state index >= 15 is 0 Å². The summed E-state index contributed by atoms with van der Waals surface area (Å²) in [6.07, 6.45) is 0. The summed E-state index contributed by atoms with van der Waals surface area (Å²) in [5, 5.41) is 3.56. The first-order chi connectivity index (χ1) is 7.40. The van der Waals surface area contributed by atoms with Gasteiger partial charge in [0.25, 0.3) is 0 Å². The van der Waals surface area contributed by atoms with E-state index in [2.05, 4.69) is 44.8 Å². The van der Waals surface area contributed by atoms with Gasteiger partial charge in [0.05, 0.1) is 13.2 Å². The van der Waals surface area contributed by atoms with Gasteiger partial charge in [-0.1, -0.05) is 20.8 Å². The van der Waals surface area contributed by atoms with Gasteiger partial charge in [-0.2, -0.15) is 0 Å². The molecule has 2 atom stereocenters. The number of hydrogen-bond acceptors (Lipinski definition) is 3. The van der Waals surface area contributed by atoms with E-state index in [1.54, 1.807) is 0 Å². The maximum Gasteiger partial charge on any atom is 0.0619 e. The van der Waals surface area contributed by atoms with Crippen molar-refractivity contribution in [2.24, 2.45) is 5.41 Å². The van der Waals surface area contributed by atoms with Crippen LogP contribution >= 0.6 is 0 Å². The topological polar surface area (TPSA) is 24.5 Å². The Hall–Kier alpha value is -0.120. The highest BCUT2D eigenvalue weighted by molar-refractivity contribution is 4.78. The van der Waals surface area contributed by atoms with Crippen molar-refractivity contribution in [1.29, 1.82) is 0 Å². The largest absolute Gasteiger partial charge is 0.379 e. The Morgan fingerprint density at radius 1 is 1.44 bits per heavy atom. The molecule has 1 aliphatic rings. The molecule has 1 rings (SSSR count). The molecule has 0 aromatic carbocycles. The van der Waals surface area contributed by atoms with E-state index in [1.807, 2.05) is 0 Å². The van der Waals surface area contributed by atoms with Gasteiger partial charge in [0.15, 0.2) is 0 Å². The number of nitrogens with one attached hydrogen (secondary N) is 1. The monoisotopic (exact) mass is 228 g/mol. The van der Waals surface area contributed by atoms with Crippen LogP contribution in [0, 0.1) is 5.41 Å². The predicted molar refractivity (Wildman–Crippen MR) is 68.8 cm³/mol. The van der Waals surface area contributed by atoms with Crippen molar-refractivity contribution < 1.29 is 4.74 Å². The zero-order valence-electron chi connectivity index (χ0n) is 11.5. The predicted octanol–water partition coefficient (Wildman–Crippen LogP) is 1.73. The molecule has 1 heterocycles. The fraction of sp³-hybridized carbons (Fsp3) is 1.00. The van der Waals surface area contributed by atoms with Crippen molar-refractivity contribution in [3.8, 4) is 0 Å². The second kappa shape index (κ2) is 5.99. The molecule has 1 fully saturated rings. The molecule has 0 amide bonds. The van der Waals surface area contributed by atoms with Crippen molar-refractivity contribution in [2.75, 3.05) is 32.8 Å². The highest BCUT2D eigenvalue weighted by atomic mass is 16.5. The molecule has 0 aromatic rings. The van der Waals surface area contributed by atoms with Gasteiger partial charge in [0, 0.05) is 31.7 Å². The van der Waals surface area contributed by atoms with Gasteiger partial charge in [-0.25, -0.2) is 0 Å². The second-order valence-corrected chi connectivity index (χ2v) is 6.20. The molecule has 0 aromatic heterocycles. The van der Waals surface area contributed by atoms with E-state index in [9.17, 15) is 0 Å². The zero-order valence-corrected chi connectivity index (χ0v) is 11.5. The van der Waals surface area contributed by atoms with Crippen LogP contribution in [-0.2, 0) is 4.74 Å². The van der Waals surface area contributed by atoms with Crippen LogP contribution in [0.15, 0.2) is 0 Å². The van der Waals surface area contributed by atoms with Gasteiger partial charge in [-0.3, -0.25) is 4.90 Å². The van der Waals surface area contributed by atoms with E-state index in [0.717, 1.165) is 32.8 Å². The van der Waals surface area contributed by atoms with Crippen LogP contribution in [0.5, 0.6) is 0 Å². The molecule has 0 radical (unpaired) electrons. The van der Waals surface area contributed by atoms with E-state index in [1.165, 1.54) is 0 Å². The minimum absolute atomic E-state index is 0.371. The van der Waals surface area contributed by atoms with Crippen molar-refractivity contribution in [3.05, 3.63) is 0 Å². The van der Waals surface area contributed by atoms with Gasteiger partial charge >= 0.3 is 0 Å². The van der Waals surface area contributed by atoms with E-state index in [-0.39, 0.29) is 0 Å². The average Bonchev–Trinajstić information content (AvgIpc) is 2.16. The average molecular weight is 228 g/mol. The standard InChI is InChI=1S/C13H28N2O/c1-11(8-14-10-13(3,4)5)15-6-7-16-9-12(15)2/h11-12,14H,6-10H2,1-5H3. The van der Waals surface area contributed by atoms with Crippen LogP contribution in [0.3, 0.4) is 0 Å². The first-order valence-electron chi connectivity index (χ1n) is 6.44. The zero-order chi connectivity index (χ0) is 12.2. The lowest BCUT2D eigenvalue weighted by Gasteiger charge is -2.38. The highest BCUT2D eigenvalue weighted by Gasteiger charge is 2.23. The molecule has 0 spiro atoms. The third-order valence-electron chi connectivity index (χ3n) is 3.08. The molecule has 0 saturated carbocycles. The van der Waals surface area contributed by atoms with Crippen molar-refractivity contribution in [3.63, 3.8) is 0 Å². The summed E-state index contributed by atoms with van der Waals surface area (Å²) < 4.78 is 5.46. The number of rotatable bonds is 4. The molecule has 3 heteroatoms. The number of ether oxygens (including phenoxy) is 1. The molecule has 3 nitrogen and oxygen atoms in total. The number of nitrogens with zero attached hydrogens (tertiary/aromatic N) is 1. The molecule has 1 saturated heterocycles. The van der Waals surface area contributed by atoms with Gasteiger partial charge in [-0.05, 0) is 19.3 Å². The van der Waals surface area contributed by atoms with Crippen LogP contribution in [0.25, 0.3) is 0 Å². The minimum Gasteiger partial charge on any atom is -0.379 e. The molecular weight excluding hydrogens is 200 g/mol. The third kappa shape index (κ3) is 4.81. The summed E-state index contributed by atoms with van der Waals surface area (Å²) in [5.41, 5.74) is 0.371. The molecule has 2 unspecified atom stereocenters. The van der Waals surface area contributed by atoms with Gasteiger partial charge in [0.2, 0.25) is 0 Å². The Morgan fingerprint density at radius 2 is 2.12 bits per heavy atom. The first kappa shape index (κ1) is 13.9. The highest BCUT2D eigenvalue weighted by Crippen LogP contribution is 2.12. The van der Waals surface area contributed by atoms with Gasteiger partial charge < -0.3 is 10.1 Å². The Kier molecular flexibility index (Phi) is 5.22. The summed E-state index contributed by atoms with van der Waals surface area (Å²) >= 11 is 0. The normalized spacial score (nSPS) is 25.7. The third-order valence-corrected chi connectivity index (χ3v) is 3.08. The van der Waals surface area contributed by atoms with Crippen LogP contribution in [-0.4, -0.2) is 49.8 Å². The van der Waals surface area contributed by atoms with Crippen molar-refractivity contribution in [1.82, 2.24) is 10.2 Å². The molecule has 0 bridgehead atoms. The summed E-state index contributed by atoms with van der Waals surface area (Å²) in [7, 11) is 0. The minimum atomic E-state index is 0.371. The Bertz CT molecular complexity index is 201. The lowest BCUT2D eigenvalue weighted by molar-refractivity contribution is -0.0183. The smallest absolute Gasteiger partial charge is 0.0619 e. The summed E-state index contributed by atoms with van der Waals surface area (Å²) in [6, 6.07) is 1.15. The molecule has 1 aliphatic heterocycles. The number of hydrogen-bond donors (Lipinski definition) is 1. The van der Waals surface area contributed by atoms with Crippen LogP contribution in [0.1, 0.15) is 34.6 Å². The van der Waals surface area contributed by atoms with Gasteiger partial charge in [-0.15, -0.1) is 0 Å². The lowest BCUT2D eigenvalue weighted by atomic mass is 9.97. The molecule has 0 aliphatic carbocycles. The SMILES string of the molecule is CC(CNCC(C)(C)C)N1CCOCC1C. The van der Waals surface area contributed by atoms with E-state index < -0.39 is 0 Å². The summed E-state index contributed by atoms with van der Waals surface area (Å²) in [4.78, 5) is 2.54. The first-order valence-corrected chi connectivity index (χ1v) is 6.44. The van der Waals surface area contributed by atoms with Gasteiger partial charge in [0.1, 0.15) is 0 Å². The Labute approximate surface area is 101 Å². The summed E-state index contributed by atoms with van der Waals surface area (Å²) in [5.74, 6) is 0. The van der Waals surface area contributed by atoms with Crippen LogP contribution in [0.4, 0.5) is 0 Å². The molecule has 96 valence electrons. The molecule has 1 N–H and O–H groups in total. The van der Waals surface area contributed by atoms with Crippen LogP contribution in [0.2, 0.25) is 0 Å². The molecule has 16 heavy (non-hydrogen) atoms. The maximum absolute atomic E-state index is 5.46. The van der Waals surface area contributed by atoms with E-state index in [0.29, 0.717) is 17.5 Å². The lowest BCUT2D eigenvalue weighted by Crippen LogP contribution is -2.51. The Morgan fingerprint density at radius 3 is 2.69 bits per heavy atom. The second-order valence-electron chi connectivity index (χ2n) is 6.20. The Balaban J connectivity index is 2.25. The van der Waals surface area contributed by atoms with E-state index in [4.69, 9.17) is 4.74 Å². The van der Waals surface area contributed by atoms with Crippen molar-refractivity contribution in [2.45, 2.75) is 46.7 Å². The molecular formula is C13H28N2O. The number of morpholine rings is 1. The summed E-state index contributed by atoms with van der Waals surface area (Å²) in [6.45, 7) is 16.3. The fourth-order valence-corrected chi connectivity index (χ4v) is 2.17. The maximum atomic E-state index is 5.46. The fourth-order valence-electron chi connectivity index (χ4n) is 2.17. The van der Waals surface area contributed by atoms with Crippen molar-refractivity contribution >= 4 is 0 Å².